The molecule has 1 aromatic carbocycles. The molecule has 110 valence electrons. The fourth-order valence-electron chi connectivity index (χ4n) is 2.41. The highest BCUT2D eigenvalue weighted by atomic mass is 32.2. The Balaban J connectivity index is 1.87. The molecule has 0 radical (unpaired) electrons. The molecule has 1 N–H and O–H groups in total. The zero-order valence-corrected chi connectivity index (χ0v) is 14.2. The number of nitrogens with one attached hydrogen (secondary N) is 1. The molecular weight excluding hydrogens is 284 g/mol. The highest BCUT2D eigenvalue weighted by Gasteiger charge is 2.27. The van der Waals surface area contributed by atoms with Gasteiger partial charge in [0, 0.05) is 11.3 Å². The third kappa shape index (κ3) is 3.73. The first kappa shape index (κ1) is 15.8. The van der Waals surface area contributed by atoms with Crippen LogP contribution >= 0.6 is 23.5 Å². The van der Waals surface area contributed by atoms with Crippen molar-refractivity contribution in [3.63, 3.8) is 0 Å². The maximum absolute atomic E-state index is 4.66. The van der Waals surface area contributed by atoms with E-state index in [0.717, 1.165) is 18.3 Å². The van der Waals surface area contributed by atoms with Crippen molar-refractivity contribution in [1.82, 2.24) is 5.32 Å². The Labute approximate surface area is 131 Å². The first-order valence-electron chi connectivity index (χ1n) is 7.28. The van der Waals surface area contributed by atoms with Crippen LogP contribution in [0.4, 0.5) is 0 Å². The minimum absolute atomic E-state index is 0.341. The lowest BCUT2D eigenvalue weighted by atomic mass is 10.0. The van der Waals surface area contributed by atoms with Crippen LogP contribution in [0, 0.1) is 0 Å². The van der Waals surface area contributed by atoms with Gasteiger partial charge in [-0.15, -0.1) is 0 Å². The van der Waals surface area contributed by atoms with Crippen LogP contribution in [-0.2, 0) is 0 Å². The lowest BCUT2D eigenvalue weighted by Crippen LogP contribution is -2.38. The Hall–Kier alpha value is -0.610. The summed E-state index contributed by atoms with van der Waals surface area (Å²) in [7, 11) is 0. The highest BCUT2D eigenvalue weighted by Crippen LogP contribution is 2.35. The Bertz CT molecular complexity index is 433. The number of benzene rings is 1. The van der Waals surface area contributed by atoms with E-state index in [1.54, 1.807) is 0 Å². The van der Waals surface area contributed by atoms with Gasteiger partial charge in [-0.1, -0.05) is 55.9 Å². The summed E-state index contributed by atoms with van der Waals surface area (Å²) < 4.78 is 0.341. The van der Waals surface area contributed by atoms with E-state index in [4.69, 9.17) is 0 Å². The van der Waals surface area contributed by atoms with Crippen LogP contribution < -0.4 is 5.32 Å². The van der Waals surface area contributed by atoms with Gasteiger partial charge in [0.1, 0.15) is 0 Å². The van der Waals surface area contributed by atoms with Crippen molar-refractivity contribution in [2.24, 2.45) is 4.99 Å². The smallest absolute Gasteiger partial charge is 0.157 e. The summed E-state index contributed by atoms with van der Waals surface area (Å²) in [4.78, 5) is 4.66. The molecule has 1 atom stereocenters. The topological polar surface area (TPSA) is 24.4 Å². The lowest BCUT2D eigenvalue weighted by Gasteiger charge is -2.30. The average Bonchev–Trinajstić information content (AvgIpc) is 2.99. The van der Waals surface area contributed by atoms with Crippen LogP contribution in [0.1, 0.15) is 37.5 Å². The van der Waals surface area contributed by atoms with Gasteiger partial charge in [-0.3, -0.25) is 4.99 Å². The lowest BCUT2D eigenvalue weighted by molar-refractivity contribution is 0.538. The molecule has 0 fully saturated rings. The number of hydrogen-bond donors (Lipinski definition) is 1. The van der Waals surface area contributed by atoms with Crippen molar-refractivity contribution in [3.8, 4) is 0 Å². The van der Waals surface area contributed by atoms with Crippen LogP contribution in [0.15, 0.2) is 35.3 Å². The maximum Gasteiger partial charge on any atom is 0.157 e. The monoisotopic (exact) mass is 308 g/mol. The normalized spacial score (nSPS) is 18.9. The van der Waals surface area contributed by atoms with Crippen LogP contribution in [-0.4, -0.2) is 29.3 Å². The summed E-state index contributed by atoms with van der Waals surface area (Å²) >= 11 is 3.84. The van der Waals surface area contributed by atoms with Crippen LogP contribution in [0.25, 0.3) is 0 Å². The van der Waals surface area contributed by atoms with Gasteiger partial charge in [-0.2, -0.15) is 11.8 Å². The van der Waals surface area contributed by atoms with Crippen molar-refractivity contribution < 1.29 is 0 Å². The second kappa shape index (κ2) is 7.41. The molecule has 0 aliphatic carbocycles. The van der Waals surface area contributed by atoms with Crippen molar-refractivity contribution in [1.29, 1.82) is 0 Å². The number of hydrogen-bond acceptors (Lipinski definition) is 4. The zero-order valence-electron chi connectivity index (χ0n) is 12.6. The third-order valence-corrected chi connectivity index (χ3v) is 6.90. The van der Waals surface area contributed by atoms with Crippen molar-refractivity contribution >= 4 is 28.7 Å². The Kier molecular flexibility index (Phi) is 5.85. The van der Waals surface area contributed by atoms with E-state index in [0.29, 0.717) is 10.00 Å². The van der Waals surface area contributed by atoms with E-state index in [-0.39, 0.29) is 0 Å². The van der Waals surface area contributed by atoms with Gasteiger partial charge in [0.2, 0.25) is 0 Å². The molecule has 1 aliphatic heterocycles. The van der Waals surface area contributed by atoms with Gasteiger partial charge in [-0.05, 0) is 24.7 Å². The number of aliphatic imine (C=N–C) groups is 1. The van der Waals surface area contributed by atoms with E-state index in [2.05, 4.69) is 60.7 Å². The average molecular weight is 309 g/mol. The van der Waals surface area contributed by atoms with E-state index in [1.807, 2.05) is 23.5 Å². The number of rotatable bonds is 6. The first-order chi connectivity index (χ1) is 9.73. The number of amidine groups is 1. The van der Waals surface area contributed by atoms with Crippen LogP contribution in [0.3, 0.4) is 0 Å². The van der Waals surface area contributed by atoms with E-state index >= 15 is 0 Å². The minimum Gasteiger partial charge on any atom is -0.364 e. The Morgan fingerprint density at radius 3 is 2.60 bits per heavy atom. The molecule has 0 spiro atoms. The van der Waals surface area contributed by atoms with Gasteiger partial charge in [0.05, 0.1) is 11.8 Å². The van der Waals surface area contributed by atoms with E-state index < -0.39 is 0 Å². The number of thioether (sulfide) groups is 2. The largest absolute Gasteiger partial charge is 0.364 e. The van der Waals surface area contributed by atoms with Crippen molar-refractivity contribution in [2.45, 2.75) is 36.7 Å². The second-order valence-corrected chi connectivity index (χ2v) is 7.58. The Morgan fingerprint density at radius 1 is 1.30 bits per heavy atom. The summed E-state index contributed by atoms with van der Waals surface area (Å²) in [5.41, 5.74) is 1.38. The summed E-state index contributed by atoms with van der Waals surface area (Å²) in [5, 5.41) is 5.15. The second-order valence-electron chi connectivity index (χ2n) is 5.11. The first-order valence-corrected chi connectivity index (χ1v) is 9.38. The molecule has 1 heterocycles. The quantitative estimate of drug-likeness (QED) is 0.846. The molecule has 1 unspecified atom stereocenters. The van der Waals surface area contributed by atoms with Crippen LogP contribution in [0.2, 0.25) is 0 Å². The summed E-state index contributed by atoms with van der Waals surface area (Å²) in [5.74, 6) is 0. The number of nitrogens with zero attached hydrogens (tertiary/aromatic N) is 1. The van der Waals surface area contributed by atoms with Gasteiger partial charge < -0.3 is 5.32 Å². The standard InChI is InChI=1S/C16H24N2S2/c1-4-16(5-2,19-3)12-18-15-17-11-14(20-15)13-9-7-6-8-10-13/h6-10,14H,4-5,11-12H2,1-3H3,(H,17,18). The zero-order chi connectivity index (χ0) is 14.4. The van der Waals surface area contributed by atoms with Gasteiger partial charge in [0.25, 0.3) is 0 Å². The molecule has 20 heavy (non-hydrogen) atoms. The molecule has 2 nitrogen and oxygen atoms in total. The minimum atomic E-state index is 0.341. The molecule has 1 aromatic rings. The fraction of sp³-hybridized carbons (Fsp3) is 0.562. The highest BCUT2D eigenvalue weighted by molar-refractivity contribution is 8.14. The molecule has 0 amide bonds. The Morgan fingerprint density at radius 2 is 2.00 bits per heavy atom. The predicted octanol–water partition coefficient (Wildman–Crippen LogP) is 4.34. The molecule has 0 saturated heterocycles. The third-order valence-electron chi connectivity index (χ3n) is 4.11. The molecule has 0 saturated carbocycles. The van der Waals surface area contributed by atoms with E-state index in [1.165, 1.54) is 18.4 Å². The molecular formula is C16H24N2S2. The molecule has 4 heteroatoms. The SMILES string of the molecule is CCC(CC)(CNC1=NCC(c2ccccc2)S1)SC. The van der Waals surface area contributed by atoms with Gasteiger partial charge >= 0.3 is 0 Å². The fourth-order valence-corrected chi connectivity index (χ4v) is 4.22. The van der Waals surface area contributed by atoms with Gasteiger partial charge in [0.15, 0.2) is 5.17 Å². The van der Waals surface area contributed by atoms with Gasteiger partial charge in [-0.25, -0.2) is 0 Å². The molecule has 0 bridgehead atoms. The van der Waals surface area contributed by atoms with Crippen molar-refractivity contribution in [3.05, 3.63) is 35.9 Å². The van der Waals surface area contributed by atoms with Crippen molar-refractivity contribution in [2.75, 3.05) is 19.3 Å². The molecule has 0 aromatic heterocycles. The molecule has 1 aliphatic rings. The summed E-state index contributed by atoms with van der Waals surface area (Å²) in [6.07, 6.45) is 4.60. The predicted molar refractivity (Wildman–Crippen MR) is 93.9 cm³/mol. The summed E-state index contributed by atoms with van der Waals surface area (Å²) in [6.45, 7) is 6.45. The summed E-state index contributed by atoms with van der Waals surface area (Å²) in [6, 6.07) is 10.7. The maximum atomic E-state index is 4.66. The van der Waals surface area contributed by atoms with E-state index in [9.17, 15) is 0 Å². The van der Waals surface area contributed by atoms with Crippen LogP contribution in [0.5, 0.6) is 0 Å². The molecule has 2 rings (SSSR count).